The fourth-order valence-corrected chi connectivity index (χ4v) is 2.20. The minimum atomic E-state index is -0.439. The highest BCUT2D eigenvalue weighted by Crippen LogP contribution is 2.40. The average molecular weight is 255 g/mol. The summed E-state index contributed by atoms with van der Waals surface area (Å²) in [5.74, 6) is 0.331. The molecule has 5 heteroatoms. The van der Waals surface area contributed by atoms with Gasteiger partial charge in [0.05, 0.1) is 16.1 Å². The zero-order valence-corrected chi connectivity index (χ0v) is 9.83. The standard InChI is InChI=1S/C14H9NO4/c16-13-8-19-14-10(5-3-6-11(13)14)9-4-1-2-7-12(9)15(17)18/h1-7H,8H2. The van der Waals surface area contributed by atoms with Crippen LogP contribution < -0.4 is 4.74 Å². The SMILES string of the molecule is O=C1COc2c1cccc2-c1ccccc1[N+](=O)[O-]. The van der Waals surface area contributed by atoms with Crippen LogP contribution in [-0.4, -0.2) is 17.3 Å². The van der Waals surface area contributed by atoms with Crippen molar-refractivity contribution >= 4 is 11.5 Å². The fourth-order valence-electron chi connectivity index (χ4n) is 2.20. The van der Waals surface area contributed by atoms with E-state index in [2.05, 4.69) is 0 Å². The third kappa shape index (κ3) is 1.76. The predicted octanol–water partition coefficient (Wildman–Crippen LogP) is 2.84. The van der Waals surface area contributed by atoms with Crippen LogP contribution in [0.4, 0.5) is 5.69 Å². The van der Waals surface area contributed by atoms with E-state index in [9.17, 15) is 14.9 Å². The first kappa shape index (κ1) is 11.4. The maximum absolute atomic E-state index is 11.6. The molecule has 19 heavy (non-hydrogen) atoms. The summed E-state index contributed by atoms with van der Waals surface area (Å²) >= 11 is 0. The van der Waals surface area contributed by atoms with Gasteiger partial charge in [0.15, 0.2) is 6.61 Å². The minimum Gasteiger partial charge on any atom is -0.484 e. The van der Waals surface area contributed by atoms with Crippen molar-refractivity contribution in [1.29, 1.82) is 0 Å². The van der Waals surface area contributed by atoms with Crippen molar-refractivity contribution in [3.8, 4) is 16.9 Å². The van der Waals surface area contributed by atoms with Gasteiger partial charge in [-0.1, -0.05) is 24.3 Å². The zero-order chi connectivity index (χ0) is 13.4. The Morgan fingerprint density at radius 3 is 2.47 bits per heavy atom. The Labute approximate surface area is 108 Å². The van der Waals surface area contributed by atoms with Gasteiger partial charge in [-0.3, -0.25) is 14.9 Å². The third-order valence-corrected chi connectivity index (χ3v) is 3.05. The number of fused-ring (bicyclic) bond motifs is 1. The van der Waals surface area contributed by atoms with Crippen LogP contribution in [-0.2, 0) is 0 Å². The molecule has 0 N–H and O–H groups in total. The Kier molecular flexibility index (Phi) is 2.52. The maximum Gasteiger partial charge on any atom is 0.277 e. The lowest BCUT2D eigenvalue weighted by molar-refractivity contribution is -0.384. The van der Waals surface area contributed by atoms with Crippen LogP contribution in [0.2, 0.25) is 0 Å². The van der Waals surface area contributed by atoms with Crippen LogP contribution in [0, 0.1) is 10.1 Å². The molecule has 0 unspecified atom stereocenters. The van der Waals surface area contributed by atoms with Crippen LogP contribution in [0.25, 0.3) is 11.1 Å². The molecule has 0 atom stereocenters. The molecule has 94 valence electrons. The number of rotatable bonds is 2. The van der Waals surface area contributed by atoms with E-state index >= 15 is 0 Å². The summed E-state index contributed by atoms with van der Waals surface area (Å²) in [4.78, 5) is 22.2. The van der Waals surface area contributed by atoms with Gasteiger partial charge in [-0.05, 0) is 12.1 Å². The van der Waals surface area contributed by atoms with E-state index in [1.54, 1.807) is 36.4 Å². The molecule has 0 radical (unpaired) electrons. The number of ether oxygens (including phenoxy) is 1. The monoisotopic (exact) mass is 255 g/mol. The molecule has 5 nitrogen and oxygen atoms in total. The highest BCUT2D eigenvalue weighted by molar-refractivity contribution is 6.04. The van der Waals surface area contributed by atoms with Crippen molar-refractivity contribution in [1.82, 2.24) is 0 Å². The molecule has 2 aromatic carbocycles. The Hall–Kier alpha value is -2.69. The number of hydrogen-bond acceptors (Lipinski definition) is 4. The fraction of sp³-hybridized carbons (Fsp3) is 0.0714. The summed E-state index contributed by atoms with van der Waals surface area (Å²) in [7, 11) is 0. The topological polar surface area (TPSA) is 69.4 Å². The number of nitro benzene ring substituents is 1. The summed E-state index contributed by atoms with van der Waals surface area (Å²) in [5, 5.41) is 11.1. The van der Waals surface area contributed by atoms with E-state index in [1.807, 2.05) is 0 Å². The smallest absolute Gasteiger partial charge is 0.277 e. The molecule has 0 aliphatic carbocycles. The minimum absolute atomic E-state index is 0.00107. The summed E-state index contributed by atoms with van der Waals surface area (Å²) in [5.41, 5.74) is 1.52. The van der Waals surface area contributed by atoms with Gasteiger partial charge in [-0.25, -0.2) is 0 Å². The van der Waals surface area contributed by atoms with Gasteiger partial charge in [0, 0.05) is 11.6 Å². The van der Waals surface area contributed by atoms with Crippen LogP contribution in [0.3, 0.4) is 0 Å². The van der Waals surface area contributed by atoms with Crippen molar-refractivity contribution in [2.45, 2.75) is 0 Å². The average Bonchev–Trinajstić information content (AvgIpc) is 2.81. The number of nitrogens with zero attached hydrogens (tertiary/aromatic N) is 1. The summed E-state index contributed by atoms with van der Waals surface area (Å²) in [6.07, 6.45) is 0. The molecular weight excluding hydrogens is 246 g/mol. The number of hydrogen-bond donors (Lipinski definition) is 0. The second kappa shape index (κ2) is 4.20. The molecule has 0 bridgehead atoms. The first-order valence-electron chi connectivity index (χ1n) is 5.71. The highest BCUT2D eigenvalue weighted by atomic mass is 16.6. The van der Waals surface area contributed by atoms with Crippen LogP contribution in [0.5, 0.6) is 5.75 Å². The van der Waals surface area contributed by atoms with E-state index in [4.69, 9.17) is 4.74 Å². The summed E-state index contributed by atoms with van der Waals surface area (Å²) in [6.45, 7) is -0.00697. The van der Waals surface area contributed by atoms with Crippen molar-refractivity contribution in [2.75, 3.05) is 6.61 Å². The Morgan fingerprint density at radius 1 is 1.00 bits per heavy atom. The number of carbonyl (C=O) groups is 1. The van der Waals surface area contributed by atoms with E-state index in [-0.39, 0.29) is 18.1 Å². The Bertz CT molecular complexity index is 694. The van der Waals surface area contributed by atoms with E-state index in [0.717, 1.165) is 0 Å². The first-order valence-corrected chi connectivity index (χ1v) is 5.71. The molecule has 0 fully saturated rings. The second-order valence-corrected chi connectivity index (χ2v) is 4.17. The summed E-state index contributed by atoms with van der Waals surface area (Å²) in [6, 6.07) is 11.5. The second-order valence-electron chi connectivity index (χ2n) is 4.17. The van der Waals surface area contributed by atoms with Gasteiger partial charge in [-0.2, -0.15) is 0 Å². The van der Waals surface area contributed by atoms with Gasteiger partial charge in [0.1, 0.15) is 5.75 Å². The third-order valence-electron chi connectivity index (χ3n) is 3.05. The molecule has 1 aliphatic rings. The summed E-state index contributed by atoms with van der Waals surface area (Å²) < 4.78 is 5.36. The number of nitro groups is 1. The zero-order valence-electron chi connectivity index (χ0n) is 9.83. The lowest BCUT2D eigenvalue weighted by Crippen LogP contribution is -1.98. The first-order chi connectivity index (χ1) is 9.18. The molecule has 0 saturated carbocycles. The molecule has 1 aliphatic heterocycles. The highest BCUT2D eigenvalue weighted by Gasteiger charge is 2.26. The van der Waals surface area contributed by atoms with Crippen molar-refractivity contribution in [3.63, 3.8) is 0 Å². The molecule has 0 saturated heterocycles. The van der Waals surface area contributed by atoms with Gasteiger partial charge < -0.3 is 4.74 Å². The number of para-hydroxylation sites is 2. The Balaban J connectivity index is 2.25. The quantitative estimate of drug-likeness (QED) is 0.611. The van der Waals surface area contributed by atoms with Crippen LogP contribution in [0.15, 0.2) is 42.5 Å². The van der Waals surface area contributed by atoms with Gasteiger partial charge >= 0.3 is 0 Å². The Morgan fingerprint density at radius 2 is 1.68 bits per heavy atom. The van der Waals surface area contributed by atoms with Gasteiger partial charge in [0.2, 0.25) is 5.78 Å². The maximum atomic E-state index is 11.6. The molecule has 0 spiro atoms. The molecule has 1 heterocycles. The van der Waals surface area contributed by atoms with Crippen molar-refractivity contribution < 1.29 is 14.5 Å². The van der Waals surface area contributed by atoms with E-state index < -0.39 is 4.92 Å². The normalized spacial score (nSPS) is 12.9. The lowest BCUT2D eigenvalue weighted by atomic mass is 9.99. The number of benzene rings is 2. The van der Waals surface area contributed by atoms with Crippen molar-refractivity contribution in [3.05, 3.63) is 58.1 Å². The predicted molar refractivity (Wildman–Crippen MR) is 68.4 cm³/mol. The van der Waals surface area contributed by atoms with Crippen LogP contribution in [0.1, 0.15) is 10.4 Å². The number of ketones is 1. The van der Waals surface area contributed by atoms with E-state index in [0.29, 0.717) is 22.4 Å². The molecule has 0 aromatic heterocycles. The lowest BCUT2D eigenvalue weighted by Gasteiger charge is -2.07. The molecule has 2 aromatic rings. The van der Waals surface area contributed by atoms with Gasteiger partial charge in [-0.15, -0.1) is 0 Å². The van der Waals surface area contributed by atoms with Gasteiger partial charge in [0.25, 0.3) is 5.69 Å². The van der Waals surface area contributed by atoms with Crippen molar-refractivity contribution in [2.24, 2.45) is 0 Å². The number of Topliss-reactive ketones (excluding diaryl/α,β-unsaturated/α-hetero) is 1. The molecular formula is C14H9NO4. The largest absolute Gasteiger partial charge is 0.484 e. The molecule has 3 rings (SSSR count). The molecule has 0 amide bonds. The number of carbonyl (C=O) groups excluding carboxylic acids is 1. The van der Waals surface area contributed by atoms with E-state index in [1.165, 1.54) is 6.07 Å². The van der Waals surface area contributed by atoms with Crippen LogP contribution >= 0.6 is 0 Å².